The summed E-state index contributed by atoms with van der Waals surface area (Å²) in [5.41, 5.74) is 0. The number of aliphatic carboxylic acids is 1. The van der Waals surface area contributed by atoms with E-state index >= 15 is 0 Å². The highest BCUT2D eigenvalue weighted by Gasteiger charge is 2.01. The molecule has 1 heterocycles. The summed E-state index contributed by atoms with van der Waals surface area (Å²) in [6.07, 6.45) is 2.52. The Kier molecular flexibility index (Phi) is 2.97. The monoisotopic (exact) mass is 196 g/mol. The van der Waals surface area contributed by atoms with Gasteiger partial charge in [0, 0.05) is 11.0 Å². The van der Waals surface area contributed by atoms with Gasteiger partial charge in [0.25, 0.3) is 0 Å². The smallest absolute Gasteiger partial charge is 0.328 e. The van der Waals surface area contributed by atoms with E-state index in [0.717, 1.165) is 11.0 Å². The summed E-state index contributed by atoms with van der Waals surface area (Å²) in [7, 11) is 0. The molecule has 1 rings (SSSR count). The number of rotatable bonds is 3. The highest BCUT2D eigenvalue weighted by Crippen LogP contribution is 2.18. The average molecular weight is 196 g/mol. The first kappa shape index (κ1) is 9.67. The van der Waals surface area contributed by atoms with Gasteiger partial charge in [0.2, 0.25) is 0 Å². The normalized spacial score (nSPS) is 10.5. The maximum Gasteiger partial charge on any atom is 0.328 e. The van der Waals surface area contributed by atoms with Crippen LogP contribution in [-0.4, -0.2) is 16.9 Å². The molecule has 13 heavy (non-hydrogen) atoms. The second kappa shape index (κ2) is 4.00. The van der Waals surface area contributed by atoms with E-state index < -0.39 is 5.97 Å². The average Bonchev–Trinajstić information content (AvgIpc) is 2.48. The van der Waals surface area contributed by atoms with E-state index in [1.54, 1.807) is 12.1 Å². The molecule has 4 heteroatoms. The molecule has 0 spiro atoms. The van der Waals surface area contributed by atoms with E-state index in [-0.39, 0.29) is 5.78 Å². The van der Waals surface area contributed by atoms with Gasteiger partial charge in [-0.1, -0.05) is 0 Å². The van der Waals surface area contributed by atoms with Crippen LogP contribution in [0.25, 0.3) is 6.08 Å². The highest BCUT2D eigenvalue weighted by atomic mass is 32.1. The molecule has 0 saturated carbocycles. The van der Waals surface area contributed by atoms with E-state index in [4.69, 9.17) is 5.11 Å². The van der Waals surface area contributed by atoms with Gasteiger partial charge in [0.1, 0.15) is 0 Å². The SMILES string of the molecule is CC(=O)c1ccc(/C=C/C(=O)O)s1. The predicted octanol–water partition coefficient (Wildman–Crippen LogP) is 2.05. The van der Waals surface area contributed by atoms with Crippen LogP contribution in [0.2, 0.25) is 0 Å². The van der Waals surface area contributed by atoms with E-state index in [9.17, 15) is 9.59 Å². The first-order valence-corrected chi connectivity index (χ1v) is 4.43. The number of carbonyl (C=O) groups excluding carboxylic acids is 1. The minimum atomic E-state index is -0.988. The summed E-state index contributed by atoms with van der Waals surface area (Å²) in [5, 5.41) is 8.34. The van der Waals surface area contributed by atoms with Crippen LogP contribution in [0.4, 0.5) is 0 Å². The number of carbonyl (C=O) groups is 2. The maximum atomic E-state index is 10.9. The molecule has 0 fully saturated rings. The minimum absolute atomic E-state index is 0.0000231. The van der Waals surface area contributed by atoms with E-state index in [1.165, 1.54) is 24.3 Å². The molecular weight excluding hydrogens is 188 g/mol. The zero-order valence-corrected chi connectivity index (χ0v) is 7.80. The van der Waals surface area contributed by atoms with Crippen molar-refractivity contribution in [2.45, 2.75) is 6.92 Å². The van der Waals surface area contributed by atoms with Crippen molar-refractivity contribution >= 4 is 29.2 Å². The van der Waals surface area contributed by atoms with Crippen molar-refractivity contribution in [1.82, 2.24) is 0 Å². The van der Waals surface area contributed by atoms with Crippen molar-refractivity contribution in [3.8, 4) is 0 Å². The Bertz CT molecular complexity index is 363. The molecule has 1 aromatic rings. The lowest BCUT2D eigenvalue weighted by atomic mass is 10.3. The van der Waals surface area contributed by atoms with E-state index in [1.807, 2.05) is 0 Å². The fourth-order valence-corrected chi connectivity index (χ4v) is 1.59. The molecule has 1 N–H and O–H groups in total. The molecule has 0 radical (unpaired) electrons. The Morgan fingerprint density at radius 1 is 1.46 bits per heavy atom. The standard InChI is InChI=1S/C9H8O3S/c1-6(10)8-4-2-7(13-8)3-5-9(11)12/h2-5H,1H3,(H,11,12)/b5-3+. The van der Waals surface area contributed by atoms with E-state index in [2.05, 4.69) is 0 Å². The third-order valence-electron chi connectivity index (χ3n) is 1.36. The van der Waals surface area contributed by atoms with Crippen LogP contribution in [0.1, 0.15) is 21.5 Å². The lowest BCUT2D eigenvalue weighted by Crippen LogP contribution is -1.84. The second-order valence-corrected chi connectivity index (χ2v) is 3.55. The van der Waals surface area contributed by atoms with Crippen LogP contribution in [0, 0.1) is 0 Å². The van der Waals surface area contributed by atoms with Gasteiger partial charge >= 0.3 is 5.97 Å². The number of ketones is 1. The fraction of sp³-hybridized carbons (Fsp3) is 0.111. The molecule has 0 aromatic carbocycles. The van der Waals surface area contributed by atoms with Crippen LogP contribution in [0.3, 0.4) is 0 Å². The Hall–Kier alpha value is -1.42. The zero-order chi connectivity index (χ0) is 9.84. The summed E-state index contributed by atoms with van der Waals surface area (Å²) in [5.74, 6) is -0.988. The summed E-state index contributed by atoms with van der Waals surface area (Å²) < 4.78 is 0. The van der Waals surface area contributed by atoms with Gasteiger partial charge in [0.15, 0.2) is 5.78 Å². The highest BCUT2D eigenvalue weighted by molar-refractivity contribution is 7.14. The molecule has 0 aliphatic carbocycles. The van der Waals surface area contributed by atoms with Crippen molar-refractivity contribution in [3.63, 3.8) is 0 Å². The van der Waals surface area contributed by atoms with Crippen molar-refractivity contribution in [1.29, 1.82) is 0 Å². The Labute approximate surface area is 79.3 Å². The number of hydrogen-bond donors (Lipinski definition) is 1. The topological polar surface area (TPSA) is 54.4 Å². The summed E-state index contributed by atoms with van der Waals surface area (Å²) >= 11 is 1.28. The van der Waals surface area contributed by atoms with Crippen LogP contribution >= 0.6 is 11.3 Å². The molecule has 0 atom stereocenters. The molecule has 1 aromatic heterocycles. The minimum Gasteiger partial charge on any atom is -0.478 e. The summed E-state index contributed by atoms with van der Waals surface area (Å²) in [6.45, 7) is 1.48. The number of Topliss-reactive ketones (excluding diaryl/α,β-unsaturated/α-hetero) is 1. The molecule has 0 bridgehead atoms. The summed E-state index contributed by atoms with van der Waals surface area (Å²) in [4.78, 5) is 22.4. The third-order valence-corrected chi connectivity index (χ3v) is 2.52. The zero-order valence-electron chi connectivity index (χ0n) is 6.98. The first-order valence-electron chi connectivity index (χ1n) is 3.61. The van der Waals surface area contributed by atoms with Crippen molar-refractivity contribution in [3.05, 3.63) is 28.0 Å². The largest absolute Gasteiger partial charge is 0.478 e. The molecule has 0 aliphatic heterocycles. The third kappa shape index (κ3) is 2.83. The molecular formula is C9H8O3S. The maximum absolute atomic E-state index is 10.9. The van der Waals surface area contributed by atoms with Gasteiger partial charge in [-0.25, -0.2) is 4.79 Å². The number of carboxylic acids is 1. The lowest BCUT2D eigenvalue weighted by Gasteiger charge is -1.83. The van der Waals surface area contributed by atoms with Crippen LogP contribution in [0.5, 0.6) is 0 Å². The summed E-state index contributed by atoms with van der Waals surface area (Å²) in [6, 6.07) is 3.41. The fourth-order valence-electron chi connectivity index (χ4n) is 0.785. The molecule has 3 nitrogen and oxygen atoms in total. The Morgan fingerprint density at radius 3 is 2.62 bits per heavy atom. The second-order valence-electron chi connectivity index (χ2n) is 2.43. The van der Waals surface area contributed by atoms with Gasteiger partial charge in [0.05, 0.1) is 4.88 Å². The predicted molar refractivity (Wildman–Crippen MR) is 51.0 cm³/mol. The quantitative estimate of drug-likeness (QED) is 0.594. The van der Waals surface area contributed by atoms with Crippen molar-refractivity contribution < 1.29 is 14.7 Å². The lowest BCUT2D eigenvalue weighted by molar-refractivity contribution is -0.131. The van der Waals surface area contributed by atoms with Crippen LogP contribution < -0.4 is 0 Å². The van der Waals surface area contributed by atoms with Gasteiger partial charge < -0.3 is 5.11 Å². The first-order chi connectivity index (χ1) is 6.09. The van der Waals surface area contributed by atoms with Crippen molar-refractivity contribution in [2.24, 2.45) is 0 Å². The van der Waals surface area contributed by atoms with Gasteiger partial charge in [-0.3, -0.25) is 4.79 Å². The molecule has 0 aliphatic rings. The van der Waals surface area contributed by atoms with Gasteiger partial charge in [-0.15, -0.1) is 11.3 Å². The molecule has 68 valence electrons. The number of hydrogen-bond acceptors (Lipinski definition) is 3. The molecule has 0 amide bonds. The van der Waals surface area contributed by atoms with Crippen molar-refractivity contribution in [2.75, 3.05) is 0 Å². The van der Waals surface area contributed by atoms with Gasteiger partial charge in [-0.05, 0) is 25.1 Å². The van der Waals surface area contributed by atoms with Crippen LogP contribution in [0.15, 0.2) is 18.2 Å². The molecule has 0 unspecified atom stereocenters. The number of thiophene rings is 1. The Balaban J connectivity index is 2.80. The van der Waals surface area contributed by atoms with Crippen LogP contribution in [-0.2, 0) is 4.79 Å². The molecule has 0 saturated heterocycles. The van der Waals surface area contributed by atoms with E-state index in [0.29, 0.717) is 4.88 Å². The Morgan fingerprint density at radius 2 is 2.15 bits per heavy atom. The van der Waals surface area contributed by atoms with Gasteiger partial charge in [-0.2, -0.15) is 0 Å². The number of carboxylic acid groups (broad SMARTS) is 1.